The number of amides is 2. The number of hydrogen-bond acceptors (Lipinski definition) is 6. The predicted octanol–water partition coefficient (Wildman–Crippen LogP) is 2.92. The summed E-state index contributed by atoms with van der Waals surface area (Å²) in [6.07, 6.45) is -0.919. The molecule has 1 aliphatic heterocycles. The van der Waals surface area contributed by atoms with E-state index in [1.807, 2.05) is 0 Å². The molecule has 0 bridgehead atoms. The molecule has 1 aliphatic rings. The second kappa shape index (κ2) is 10.8. The minimum absolute atomic E-state index is 0.0375. The number of methoxy groups -OCH3 is 2. The van der Waals surface area contributed by atoms with Gasteiger partial charge < -0.3 is 29.5 Å². The molecule has 2 aromatic carbocycles. The van der Waals surface area contributed by atoms with Crippen LogP contribution in [0.4, 0.5) is 5.69 Å². The highest BCUT2D eigenvalue weighted by molar-refractivity contribution is 6.42. The maximum Gasteiger partial charge on any atom is 0.227 e. The van der Waals surface area contributed by atoms with E-state index in [1.54, 1.807) is 36.4 Å². The summed E-state index contributed by atoms with van der Waals surface area (Å²) >= 11 is 12.0. The van der Waals surface area contributed by atoms with Crippen molar-refractivity contribution < 1.29 is 28.9 Å². The Labute approximate surface area is 196 Å². The lowest BCUT2D eigenvalue weighted by Gasteiger charge is -2.20. The van der Waals surface area contributed by atoms with Gasteiger partial charge in [-0.2, -0.15) is 0 Å². The lowest BCUT2D eigenvalue weighted by atomic mass is 10.1. The van der Waals surface area contributed by atoms with E-state index in [9.17, 15) is 14.7 Å². The van der Waals surface area contributed by atoms with Gasteiger partial charge in [-0.25, -0.2) is 0 Å². The maximum absolute atomic E-state index is 12.6. The van der Waals surface area contributed by atoms with Gasteiger partial charge in [-0.05, 0) is 24.3 Å². The van der Waals surface area contributed by atoms with E-state index < -0.39 is 12.0 Å². The summed E-state index contributed by atoms with van der Waals surface area (Å²) in [5.41, 5.74) is 0.541. The fourth-order valence-electron chi connectivity index (χ4n) is 3.33. The number of anilines is 1. The molecule has 32 heavy (non-hydrogen) atoms. The maximum atomic E-state index is 12.6. The van der Waals surface area contributed by atoms with Gasteiger partial charge in [0.2, 0.25) is 11.8 Å². The minimum Gasteiger partial charge on any atom is -0.497 e. The van der Waals surface area contributed by atoms with Crippen molar-refractivity contribution >= 4 is 40.7 Å². The molecule has 0 spiro atoms. The number of aliphatic hydroxyl groups is 1. The van der Waals surface area contributed by atoms with Crippen LogP contribution in [0.2, 0.25) is 10.0 Å². The highest BCUT2D eigenvalue weighted by Crippen LogP contribution is 2.36. The van der Waals surface area contributed by atoms with Gasteiger partial charge in [-0.1, -0.05) is 29.3 Å². The number of halogens is 2. The van der Waals surface area contributed by atoms with Crippen molar-refractivity contribution in [2.24, 2.45) is 5.92 Å². The van der Waals surface area contributed by atoms with Crippen LogP contribution in [0.15, 0.2) is 36.4 Å². The minimum atomic E-state index is -0.972. The van der Waals surface area contributed by atoms with E-state index in [1.165, 1.54) is 19.1 Å². The highest BCUT2D eigenvalue weighted by Gasteiger charge is 2.36. The van der Waals surface area contributed by atoms with E-state index >= 15 is 0 Å². The standard InChI is InChI=1S/C22H24Cl2N2O6/c1-30-15-6-7-18(31-2)17(9-15)26-11-13(8-20(26)28)22(29)25-10-14(27)12-32-19-5-3-4-16(23)21(19)24/h3-7,9,13-14,27H,8,10-12H2,1-2H3,(H,25,29). The molecule has 2 N–H and O–H groups in total. The number of hydrogen-bond donors (Lipinski definition) is 2. The first-order valence-corrected chi connectivity index (χ1v) is 10.6. The number of ether oxygens (including phenoxy) is 3. The number of aliphatic hydroxyl groups excluding tert-OH is 1. The van der Waals surface area contributed by atoms with Crippen LogP contribution in [-0.4, -0.2) is 56.9 Å². The Morgan fingerprint density at radius 3 is 2.72 bits per heavy atom. The van der Waals surface area contributed by atoms with Crippen LogP contribution in [0.1, 0.15) is 6.42 Å². The van der Waals surface area contributed by atoms with Crippen LogP contribution in [0.25, 0.3) is 0 Å². The molecule has 1 heterocycles. The van der Waals surface area contributed by atoms with Crippen molar-refractivity contribution in [3.05, 3.63) is 46.4 Å². The molecule has 1 saturated heterocycles. The van der Waals surface area contributed by atoms with Crippen LogP contribution in [-0.2, 0) is 9.59 Å². The third-order valence-electron chi connectivity index (χ3n) is 5.03. The molecule has 1 fully saturated rings. The van der Waals surface area contributed by atoms with Crippen LogP contribution >= 0.6 is 23.2 Å². The summed E-state index contributed by atoms with van der Waals surface area (Å²) < 4.78 is 16.0. The van der Waals surface area contributed by atoms with Crippen molar-refractivity contribution in [3.63, 3.8) is 0 Å². The molecule has 2 unspecified atom stereocenters. The number of nitrogens with zero attached hydrogens (tertiary/aromatic N) is 1. The second-order valence-corrected chi connectivity index (χ2v) is 7.99. The number of carbonyl (C=O) groups excluding carboxylic acids is 2. The summed E-state index contributed by atoms with van der Waals surface area (Å²) in [4.78, 5) is 26.7. The predicted molar refractivity (Wildman–Crippen MR) is 121 cm³/mol. The third-order valence-corrected chi connectivity index (χ3v) is 5.83. The highest BCUT2D eigenvalue weighted by atomic mass is 35.5. The molecule has 0 aromatic heterocycles. The van der Waals surface area contributed by atoms with Gasteiger partial charge in [0.05, 0.1) is 30.8 Å². The van der Waals surface area contributed by atoms with Gasteiger partial charge in [0.15, 0.2) is 0 Å². The van der Waals surface area contributed by atoms with Crippen molar-refractivity contribution in [1.29, 1.82) is 0 Å². The lowest BCUT2D eigenvalue weighted by Crippen LogP contribution is -2.39. The third kappa shape index (κ3) is 5.56. The first-order chi connectivity index (χ1) is 15.3. The molecule has 8 nitrogen and oxygen atoms in total. The van der Waals surface area contributed by atoms with Crippen molar-refractivity contribution in [2.45, 2.75) is 12.5 Å². The zero-order valence-electron chi connectivity index (χ0n) is 17.6. The second-order valence-electron chi connectivity index (χ2n) is 7.21. The monoisotopic (exact) mass is 482 g/mol. The largest absolute Gasteiger partial charge is 0.497 e. The number of carbonyl (C=O) groups is 2. The Morgan fingerprint density at radius 1 is 1.22 bits per heavy atom. The smallest absolute Gasteiger partial charge is 0.227 e. The van der Waals surface area contributed by atoms with Crippen molar-refractivity contribution in [1.82, 2.24) is 5.32 Å². The zero-order chi connectivity index (χ0) is 23.3. The zero-order valence-corrected chi connectivity index (χ0v) is 19.2. The van der Waals surface area contributed by atoms with Crippen LogP contribution in [0.3, 0.4) is 0 Å². The van der Waals surface area contributed by atoms with Gasteiger partial charge in [0.25, 0.3) is 0 Å². The summed E-state index contributed by atoms with van der Waals surface area (Å²) in [6.45, 7) is 0.0696. The molecule has 10 heteroatoms. The fraction of sp³-hybridized carbons (Fsp3) is 0.364. The SMILES string of the molecule is COc1ccc(OC)c(N2CC(C(=O)NCC(O)COc3cccc(Cl)c3Cl)CC2=O)c1. The Kier molecular flexibility index (Phi) is 8.06. The van der Waals surface area contributed by atoms with Crippen molar-refractivity contribution in [2.75, 3.05) is 38.8 Å². The molecular formula is C22H24Cl2N2O6. The van der Waals surface area contributed by atoms with E-state index in [-0.39, 0.29) is 43.0 Å². The van der Waals surface area contributed by atoms with Crippen molar-refractivity contribution in [3.8, 4) is 17.2 Å². The summed E-state index contributed by atoms with van der Waals surface area (Å²) in [7, 11) is 3.04. The molecule has 0 radical (unpaired) electrons. The van der Waals surface area contributed by atoms with Crippen LogP contribution in [0.5, 0.6) is 17.2 Å². The van der Waals surface area contributed by atoms with Gasteiger partial charge in [-0.15, -0.1) is 0 Å². The Bertz CT molecular complexity index is 987. The molecule has 172 valence electrons. The summed E-state index contributed by atoms with van der Waals surface area (Å²) in [5.74, 6) is 0.332. The van der Waals surface area contributed by atoms with Crippen LogP contribution < -0.4 is 24.4 Å². The van der Waals surface area contributed by atoms with Crippen LogP contribution in [0, 0.1) is 5.92 Å². The Balaban J connectivity index is 1.54. The lowest BCUT2D eigenvalue weighted by molar-refractivity contribution is -0.126. The summed E-state index contributed by atoms with van der Waals surface area (Å²) in [5, 5.41) is 13.4. The molecule has 0 saturated carbocycles. The first-order valence-electron chi connectivity index (χ1n) is 9.89. The molecule has 3 rings (SSSR count). The molecule has 2 amide bonds. The molecule has 2 aromatic rings. The van der Waals surface area contributed by atoms with Gasteiger partial charge in [0, 0.05) is 25.6 Å². The molecular weight excluding hydrogens is 459 g/mol. The van der Waals surface area contributed by atoms with E-state index in [0.717, 1.165) is 0 Å². The molecule has 0 aliphatic carbocycles. The first kappa shape index (κ1) is 24.0. The molecule has 2 atom stereocenters. The average Bonchev–Trinajstić information content (AvgIpc) is 3.19. The van der Waals surface area contributed by atoms with Gasteiger partial charge in [-0.3, -0.25) is 9.59 Å². The average molecular weight is 483 g/mol. The number of rotatable bonds is 9. The topological polar surface area (TPSA) is 97.3 Å². The Hall–Kier alpha value is -2.68. The summed E-state index contributed by atoms with van der Waals surface area (Å²) in [6, 6.07) is 10.1. The van der Waals surface area contributed by atoms with Gasteiger partial charge >= 0.3 is 0 Å². The van der Waals surface area contributed by atoms with E-state index in [0.29, 0.717) is 28.0 Å². The Morgan fingerprint density at radius 2 is 2.00 bits per heavy atom. The fourth-order valence-corrected chi connectivity index (χ4v) is 3.67. The van der Waals surface area contributed by atoms with E-state index in [4.69, 9.17) is 37.4 Å². The number of nitrogens with one attached hydrogen (secondary N) is 1. The normalized spacial score (nSPS) is 16.6. The number of benzene rings is 2. The quantitative estimate of drug-likeness (QED) is 0.570. The van der Waals surface area contributed by atoms with Gasteiger partial charge in [0.1, 0.15) is 35.0 Å². The van der Waals surface area contributed by atoms with E-state index in [2.05, 4.69) is 5.32 Å².